The summed E-state index contributed by atoms with van der Waals surface area (Å²) in [7, 11) is 0. The molecule has 3 aromatic rings. The minimum Gasteiger partial charge on any atom is -0.504 e. The Balaban J connectivity index is 1.82. The van der Waals surface area contributed by atoms with E-state index in [1.807, 2.05) is 11.6 Å². The molecule has 7 heteroatoms. The standard InChI is InChI=1S/C18H23N5O2/c1-11(7-12-5-6-14(24)15(25)8-12)22-16-13-9-21-23(18(2,3)4)17(13)20-10-19-16/h5-6,8-11,24-25H,7H2,1-4H3,(H,19,20,22)/t11-/m1/s1. The van der Waals surface area contributed by atoms with Gasteiger partial charge in [0.25, 0.3) is 0 Å². The van der Waals surface area contributed by atoms with Crippen LogP contribution in [0.4, 0.5) is 5.82 Å². The first-order valence-electron chi connectivity index (χ1n) is 8.22. The molecule has 0 spiro atoms. The Labute approximate surface area is 146 Å². The third-order valence-corrected chi connectivity index (χ3v) is 3.97. The minimum absolute atomic E-state index is 0.0695. The number of phenols is 2. The maximum absolute atomic E-state index is 9.62. The Hall–Kier alpha value is -2.83. The Morgan fingerprint density at radius 2 is 1.92 bits per heavy atom. The molecule has 0 bridgehead atoms. The molecule has 7 nitrogen and oxygen atoms in total. The average molecular weight is 341 g/mol. The highest BCUT2D eigenvalue weighted by molar-refractivity contribution is 5.86. The fourth-order valence-corrected chi connectivity index (χ4v) is 2.78. The highest BCUT2D eigenvalue weighted by atomic mass is 16.3. The maximum Gasteiger partial charge on any atom is 0.163 e. The first-order valence-corrected chi connectivity index (χ1v) is 8.22. The zero-order chi connectivity index (χ0) is 18.2. The summed E-state index contributed by atoms with van der Waals surface area (Å²) in [6, 6.07) is 4.93. The van der Waals surface area contributed by atoms with Crippen LogP contribution < -0.4 is 5.32 Å². The van der Waals surface area contributed by atoms with Crippen LogP contribution in [0, 0.1) is 0 Å². The number of nitrogens with one attached hydrogen (secondary N) is 1. The summed E-state index contributed by atoms with van der Waals surface area (Å²) in [6.45, 7) is 8.27. The molecule has 0 saturated carbocycles. The monoisotopic (exact) mass is 341 g/mol. The number of hydrogen-bond donors (Lipinski definition) is 3. The third-order valence-electron chi connectivity index (χ3n) is 3.97. The van der Waals surface area contributed by atoms with Crippen molar-refractivity contribution in [3.8, 4) is 11.5 Å². The van der Waals surface area contributed by atoms with E-state index in [1.165, 1.54) is 12.4 Å². The summed E-state index contributed by atoms with van der Waals surface area (Å²) in [5, 5.41) is 27.7. The zero-order valence-corrected chi connectivity index (χ0v) is 14.9. The second-order valence-electron chi connectivity index (χ2n) is 7.26. The van der Waals surface area contributed by atoms with E-state index < -0.39 is 0 Å². The van der Waals surface area contributed by atoms with Crippen LogP contribution in [0.3, 0.4) is 0 Å². The molecule has 2 heterocycles. The van der Waals surface area contributed by atoms with Crippen LogP contribution in [0.1, 0.15) is 33.3 Å². The molecule has 3 rings (SSSR count). The van der Waals surface area contributed by atoms with Crippen LogP contribution >= 0.6 is 0 Å². The molecule has 2 aromatic heterocycles. The van der Waals surface area contributed by atoms with Crippen molar-refractivity contribution in [2.24, 2.45) is 0 Å². The van der Waals surface area contributed by atoms with Crippen molar-refractivity contribution in [2.75, 3.05) is 5.32 Å². The van der Waals surface area contributed by atoms with Gasteiger partial charge in [-0.3, -0.25) is 0 Å². The number of fused-ring (bicyclic) bond motifs is 1. The lowest BCUT2D eigenvalue weighted by atomic mass is 10.1. The molecule has 0 aliphatic carbocycles. The Morgan fingerprint density at radius 1 is 1.16 bits per heavy atom. The van der Waals surface area contributed by atoms with E-state index in [4.69, 9.17) is 0 Å². The van der Waals surface area contributed by atoms with E-state index in [9.17, 15) is 10.2 Å². The van der Waals surface area contributed by atoms with Gasteiger partial charge in [0, 0.05) is 6.04 Å². The Kier molecular flexibility index (Phi) is 4.24. The normalized spacial score (nSPS) is 13.1. The SMILES string of the molecule is C[C@H](Cc1ccc(O)c(O)c1)Nc1ncnc2c1cnn2C(C)(C)C. The van der Waals surface area contributed by atoms with Gasteiger partial charge in [-0.2, -0.15) is 5.10 Å². The summed E-state index contributed by atoms with van der Waals surface area (Å²) in [4.78, 5) is 8.72. The largest absolute Gasteiger partial charge is 0.504 e. The van der Waals surface area contributed by atoms with Gasteiger partial charge in [-0.1, -0.05) is 6.07 Å². The number of anilines is 1. The summed E-state index contributed by atoms with van der Waals surface area (Å²) in [6.07, 6.45) is 3.99. The molecule has 3 N–H and O–H groups in total. The van der Waals surface area contributed by atoms with Crippen LogP contribution in [-0.4, -0.2) is 36.0 Å². The minimum atomic E-state index is -0.164. The molecular formula is C18H23N5O2. The molecule has 0 saturated heterocycles. The second-order valence-corrected chi connectivity index (χ2v) is 7.26. The summed E-state index contributed by atoms with van der Waals surface area (Å²) >= 11 is 0. The molecule has 132 valence electrons. The number of hydrogen-bond acceptors (Lipinski definition) is 6. The molecule has 0 fully saturated rings. The Bertz CT molecular complexity index is 898. The molecule has 0 radical (unpaired) electrons. The average Bonchev–Trinajstić information content (AvgIpc) is 2.96. The van der Waals surface area contributed by atoms with Gasteiger partial charge in [-0.15, -0.1) is 0 Å². The summed E-state index contributed by atoms with van der Waals surface area (Å²) < 4.78 is 1.89. The van der Waals surface area contributed by atoms with Crippen molar-refractivity contribution < 1.29 is 10.2 Å². The van der Waals surface area contributed by atoms with Gasteiger partial charge in [0.1, 0.15) is 12.1 Å². The van der Waals surface area contributed by atoms with Crippen LogP contribution in [0.15, 0.2) is 30.7 Å². The van der Waals surface area contributed by atoms with Gasteiger partial charge < -0.3 is 15.5 Å². The summed E-state index contributed by atoms with van der Waals surface area (Å²) in [5.41, 5.74) is 1.55. The number of rotatable bonds is 4. The van der Waals surface area contributed by atoms with Gasteiger partial charge in [0.2, 0.25) is 0 Å². The van der Waals surface area contributed by atoms with E-state index in [-0.39, 0.29) is 23.1 Å². The van der Waals surface area contributed by atoms with Crippen molar-refractivity contribution in [3.63, 3.8) is 0 Å². The van der Waals surface area contributed by atoms with E-state index in [0.717, 1.165) is 22.4 Å². The predicted octanol–water partition coefficient (Wildman–Crippen LogP) is 3.04. The molecule has 25 heavy (non-hydrogen) atoms. The number of nitrogens with zero attached hydrogens (tertiary/aromatic N) is 4. The van der Waals surface area contributed by atoms with E-state index in [2.05, 4.69) is 41.2 Å². The van der Waals surface area contributed by atoms with Crippen LogP contribution in [0.25, 0.3) is 11.0 Å². The molecule has 0 aliphatic heterocycles. The molecule has 1 atom stereocenters. The third kappa shape index (κ3) is 3.50. The van der Waals surface area contributed by atoms with E-state index in [1.54, 1.807) is 18.3 Å². The molecule has 1 aromatic carbocycles. The van der Waals surface area contributed by atoms with Crippen molar-refractivity contribution >= 4 is 16.9 Å². The first kappa shape index (κ1) is 17.0. The molecule has 0 aliphatic rings. The molecule has 0 unspecified atom stereocenters. The quantitative estimate of drug-likeness (QED) is 0.631. The first-order chi connectivity index (χ1) is 11.8. The number of benzene rings is 1. The number of phenolic OH excluding ortho intramolecular Hbond substituents is 2. The number of aromatic nitrogens is 4. The van der Waals surface area contributed by atoms with Crippen molar-refractivity contribution in [1.29, 1.82) is 0 Å². The van der Waals surface area contributed by atoms with Crippen molar-refractivity contribution in [2.45, 2.75) is 45.7 Å². The smallest absolute Gasteiger partial charge is 0.163 e. The van der Waals surface area contributed by atoms with Gasteiger partial charge in [-0.05, 0) is 51.8 Å². The lowest BCUT2D eigenvalue weighted by molar-refractivity contribution is 0.366. The lowest BCUT2D eigenvalue weighted by Crippen LogP contribution is -2.23. The van der Waals surface area contributed by atoms with Crippen molar-refractivity contribution in [1.82, 2.24) is 19.7 Å². The fraction of sp³-hybridized carbons (Fsp3) is 0.389. The summed E-state index contributed by atoms with van der Waals surface area (Å²) in [5.74, 6) is 0.507. The van der Waals surface area contributed by atoms with Crippen LogP contribution in [0.5, 0.6) is 11.5 Å². The van der Waals surface area contributed by atoms with Gasteiger partial charge in [0.05, 0.1) is 17.1 Å². The number of aromatic hydroxyl groups is 2. The topological polar surface area (TPSA) is 96.1 Å². The van der Waals surface area contributed by atoms with Gasteiger partial charge in [0.15, 0.2) is 17.1 Å². The van der Waals surface area contributed by atoms with E-state index >= 15 is 0 Å². The predicted molar refractivity (Wildman–Crippen MR) is 96.9 cm³/mol. The van der Waals surface area contributed by atoms with Gasteiger partial charge in [-0.25, -0.2) is 14.6 Å². The van der Waals surface area contributed by atoms with Crippen LogP contribution in [-0.2, 0) is 12.0 Å². The van der Waals surface area contributed by atoms with Crippen LogP contribution in [0.2, 0.25) is 0 Å². The fourth-order valence-electron chi connectivity index (χ4n) is 2.78. The highest BCUT2D eigenvalue weighted by Gasteiger charge is 2.20. The lowest BCUT2D eigenvalue weighted by Gasteiger charge is -2.20. The maximum atomic E-state index is 9.62. The molecule has 0 amide bonds. The second kappa shape index (κ2) is 6.23. The highest BCUT2D eigenvalue weighted by Crippen LogP contribution is 2.27. The molecular weight excluding hydrogens is 318 g/mol. The van der Waals surface area contributed by atoms with E-state index in [0.29, 0.717) is 6.42 Å². The Morgan fingerprint density at radius 3 is 2.60 bits per heavy atom. The van der Waals surface area contributed by atoms with Gasteiger partial charge >= 0.3 is 0 Å². The van der Waals surface area contributed by atoms with Crippen molar-refractivity contribution in [3.05, 3.63) is 36.3 Å². The zero-order valence-electron chi connectivity index (χ0n) is 14.9.